The summed E-state index contributed by atoms with van der Waals surface area (Å²) in [6.07, 6.45) is -0.0378. The molecule has 0 bridgehead atoms. The molecule has 1 N–H and O–H groups in total. The number of halogens is 1. The molecule has 6 heteroatoms. The van der Waals surface area contributed by atoms with Gasteiger partial charge in [-0.15, -0.1) is 0 Å². The number of amides is 1. The zero-order valence-corrected chi connectivity index (χ0v) is 17.1. The van der Waals surface area contributed by atoms with Crippen LogP contribution in [0, 0.1) is 0 Å². The van der Waals surface area contributed by atoms with Gasteiger partial charge in [-0.25, -0.2) is 0 Å². The molecule has 0 aromatic heterocycles. The Balaban J connectivity index is 2.80. The van der Waals surface area contributed by atoms with Crippen LogP contribution in [0.4, 0.5) is 0 Å². The molecule has 25 heavy (non-hydrogen) atoms. The average molecular weight is 371 g/mol. The van der Waals surface area contributed by atoms with E-state index in [1.807, 2.05) is 13.8 Å². The molecule has 0 aliphatic heterocycles. The number of methoxy groups -OCH3 is 1. The number of carbonyl (C=O) groups is 1. The number of nitrogens with one attached hydrogen (secondary N) is 1. The Labute approximate surface area is 156 Å². The third kappa shape index (κ3) is 6.40. The van der Waals surface area contributed by atoms with Crippen molar-refractivity contribution in [2.45, 2.75) is 59.7 Å². The van der Waals surface area contributed by atoms with E-state index in [1.54, 1.807) is 12.1 Å². The summed E-state index contributed by atoms with van der Waals surface area (Å²) in [5, 5.41) is 3.31. The van der Waals surface area contributed by atoms with Crippen molar-refractivity contribution in [3.05, 3.63) is 22.7 Å². The number of ether oxygens (including phenoxy) is 2. The highest BCUT2D eigenvalue weighted by Gasteiger charge is 2.18. The molecule has 0 unspecified atom stereocenters. The molecular formula is C19H31ClN2O3. The predicted octanol–water partition coefficient (Wildman–Crippen LogP) is 3.98. The van der Waals surface area contributed by atoms with Gasteiger partial charge in [-0.3, -0.25) is 9.69 Å². The Bertz CT molecular complexity index is 566. The molecule has 1 amide bonds. The number of hydrogen-bond donors (Lipinski definition) is 1. The van der Waals surface area contributed by atoms with Gasteiger partial charge in [-0.2, -0.15) is 0 Å². The third-order valence-corrected chi connectivity index (χ3v) is 4.11. The molecule has 0 atom stereocenters. The van der Waals surface area contributed by atoms with Crippen molar-refractivity contribution in [2.75, 3.05) is 20.2 Å². The van der Waals surface area contributed by atoms with E-state index in [1.165, 1.54) is 7.11 Å². The predicted molar refractivity (Wildman–Crippen MR) is 103 cm³/mol. The van der Waals surface area contributed by atoms with Gasteiger partial charge in [-0.05, 0) is 53.7 Å². The molecule has 0 fully saturated rings. The lowest BCUT2D eigenvalue weighted by Crippen LogP contribution is -2.42. The Hall–Kier alpha value is -1.46. The molecule has 0 heterocycles. The minimum absolute atomic E-state index is 0.0378. The number of hydrogen-bond acceptors (Lipinski definition) is 4. The zero-order chi connectivity index (χ0) is 19.1. The molecule has 1 rings (SSSR count). The van der Waals surface area contributed by atoms with Gasteiger partial charge in [0.1, 0.15) is 0 Å². The molecule has 0 radical (unpaired) electrons. The van der Waals surface area contributed by atoms with E-state index in [0.717, 1.165) is 6.54 Å². The van der Waals surface area contributed by atoms with Crippen molar-refractivity contribution < 1.29 is 14.3 Å². The lowest BCUT2D eigenvalue weighted by molar-refractivity contribution is 0.0939. The van der Waals surface area contributed by atoms with Crippen molar-refractivity contribution in [2.24, 2.45) is 0 Å². The second-order valence-electron chi connectivity index (χ2n) is 6.84. The van der Waals surface area contributed by atoms with Gasteiger partial charge >= 0.3 is 0 Å². The van der Waals surface area contributed by atoms with Gasteiger partial charge < -0.3 is 14.8 Å². The second-order valence-corrected chi connectivity index (χ2v) is 7.24. The number of benzene rings is 1. The van der Waals surface area contributed by atoms with Gasteiger partial charge in [-0.1, -0.05) is 11.6 Å². The van der Waals surface area contributed by atoms with E-state index in [2.05, 4.69) is 37.9 Å². The highest BCUT2D eigenvalue weighted by Crippen LogP contribution is 2.37. The number of carbonyl (C=O) groups excluding carboxylic acids is 1. The van der Waals surface area contributed by atoms with E-state index < -0.39 is 0 Å². The molecule has 1 aromatic rings. The summed E-state index contributed by atoms with van der Waals surface area (Å²) >= 11 is 6.28. The summed E-state index contributed by atoms with van der Waals surface area (Å²) in [4.78, 5) is 14.8. The fourth-order valence-electron chi connectivity index (χ4n) is 2.71. The van der Waals surface area contributed by atoms with Gasteiger partial charge in [0.15, 0.2) is 11.5 Å². The Morgan fingerprint density at radius 1 is 1.16 bits per heavy atom. The summed E-state index contributed by atoms with van der Waals surface area (Å²) in [6, 6.07) is 4.12. The molecule has 0 saturated heterocycles. The zero-order valence-electron chi connectivity index (χ0n) is 16.4. The van der Waals surface area contributed by atoms with Crippen molar-refractivity contribution in [3.8, 4) is 11.5 Å². The van der Waals surface area contributed by atoms with Crippen LogP contribution in [0.3, 0.4) is 0 Å². The van der Waals surface area contributed by atoms with Crippen molar-refractivity contribution in [1.82, 2.24) is 10.2 Å². The second kappa shape index (κ2) is 9.88. The first-order chi connectivity index (χ1) is 11.7. The first-order valence-electron chi connectivity index (χ1n) is 8.75. The Kier molecular flexibility index (Phi) is 8.53. The van der Waals surface area contributed by atoms with Crippen LogP contribution < -0.4 is 14.8 Å². The summed E-state index contributed by atoms with van der Waals surface area (Å²) in [6.45, 7) is 13.8. The van der Waals surface area contributed by atoms with Gasteiger partial charge in [0.05, 0.1) is 18.2 Å². The third-order valence-electron chi connectivity index (χ3n) is 3.83. The van der Waals surface area contributed by atoms with Crippen LogP contribution in [0.2, 0.25) is 5.02 Å². The maximum Gasteiger partial charge on any atom is 0.251 e. The summed E-state index contributed by atoms with van der Waals surface area (Å²) in [7, 11) is 1.53. The number of nitrogens with zero attached hydrogens (tertiary/aromatic N) is 1. The summed E-state index contributed by atoms with van der Waals surface area (Å²) < 4.78 is 11.0. The van der Waals surface area contributed by atoms with Crippen LogP contribution >= 0.6 is 11.6 Å². The van der Waals surface area contributed by atoms with E-state index >= 15 is 0 Å². The highest BCUT2D eigenvalue weighted by atomic mass is 35.5. The molecule has 0 saturated carbocycles. The topological polar surface area (TPSA) is 50.8 Å². The monoisotopic (exact) mass is 370 g/mol. The number of rotatable bonds is 9. The summed E-state index contributed by atoms with van der Waals surface area (Å²) in [5.41, 5.74) is 0.457. The minimum Gasteiger partial charge on any atom is -0.493 e. The molecule has 5 nitrogen and oxygen atoms in total. The minimum atomic E-state index is -0.177. The Morgan fingerprint density at radius 2 is 1.76 bits per heavy atom. The van der Waals surface area contributed by atoms with Crippen LogP contribution in [0.25, 0.3) is 0 Å². The lowest BCUT2D eigenvalue weighted by Gasteiger charge is -2.30. The van der Waals surface area contributed by atoms with E-state index in [0.29, 0.717) is 40.7 Å². The molecule has 142 valence electrons. The van der Waals surface area contributed by atoms with Crippen molar-refractivity contribution in [3.63, 3.8) is 0 Å². The standard InChI is InChI=1S/C19H31ClN2O3/c1-12(2)22(13(3)4)9-8-21-19(23)15-10-16(20)18(25-14(5)6)17(11-15)24-7/h10-14H,8-9H2,1-7H3,(H,21,23). The van der Waals surface area contributed by atoms with E-state index in [4.69, 9.17) is 21.1 Å². The quantitative estimate of drug-likeness (QED) is 0.714. The largest absolute Gasteiger partial charge is 0.493 e. The average Bonchev–Trinajstić information content (AvgIpc) is 2.51. The van der Waals surface area contributed by atoms with E-state index in [9.17, 15) is 4.79 Å². The molecule has 1 aromatic carbocycles. The first kappa shape index (κ1) is 21.6. The first-order valence-corrected chi connectivity index (χ1v) is 9.13. The maximum atomic E-state index is 12.4. The SMILES string of the molecule is COc1cc(C(=O)NCCN(C(C)C)C(C)C)cc(Cl)c1OC(C)C. The molecule has 0 aliphatic rings. The van der Waals surface area contributed by atoms with E-state index in [-0.39, 0.29) is 12.0 Å². The fraction of sp³-hybridized carbons (Fsp3) is 0.632. The molecule has 0 spiro atoms. The fourth-order valence-corrected chi connectivity index (χ4v) is 2.97. The highest BCUT2D eigenvalue weighted by molar-refractivity contribution is 6.32. The van der Waals surface area contributed by atoms with Crippen molar-refractivity contribution >= 4 is 17.5 Å². The normalized spacial score (nSPS) is 11.5. The molecule has 0 aliphatic carbocycles. The smallest absolute Gasteiger partial charge is 0.251 e. The van der Waals surface area contributed by atoms with Crippen LogP contribution in [0.15, 0.2) is 12.1 Å². The van der Waals surface area contributed by atoms with Gasteiger partial charge in [0.25, 0.3) is 5.91 Å². The Morgan fingerprint density at radius 3 is 2.24 bits per heavy atom. The van der Waals surface area contributed by atoms with Gasteiger partial charge in [0, 0.05) is 30.7 Å². The van der Waals surface area contributed by atoms with Crippen LogP contribution in [0.5, 0.6) is 11.5 Å². The summed E-state index contributed by atoms with van der Waals surface area (Å²) in [5.74, 6) is 0.739. The lowest BCUT2D eigenvalue weighted by atomic mass is 10.1. The van der Waals surface area contributed by atoms with Gasteiger partial charge in [0.2, 0.25) is 0 Å². The maximum absolute atomic E-state index is 12.4. The van der Waals surface area contributed by atoms with Crippen molar-refractivity contribution in [1.29, 1.82) is 0 Å². The molecular weight excluding hydrogens is 340 g/mol. The van der Waals surface area contributed by atoms with Crippen LogP contribution in [-0.4, -0.2) is 49.2 Å². The van der Waals surface area contributed by atoms with Crippen LogP contribution in [0.1, 0.15) is 51.9 Å². The van der Waals surface area contributed by atoms with Crippen LogP contribution in [-0.2, 0) is 0 Å².